The summed E-state index contributed by atoms with van der Waals surface area (Å²) >= 11 is 11.7. The highest BCUT2D eigenvalue weighted by Gasteiger charge is 2.37. The number of ether oxygens (including phenoxy) is 3. The molecule has 3 aromatic carbocycles. The van der Waals surface area contributed by atoms with Crippen molar-refractivity contribution in [2.75, 3.05) is 32.3 Å². The van der Waals surface area contributed by atoms with E-state index in [4.69, 9.17) is 47.6 Å². The second kappa shape index (κ2) is 22.5. The third-order valence-corrected chi connectivity index (χ3v) is 9.83. The van der Waals surface area contributed by atoms with E-state index in [1.807, 2.05) is 0 Å². The number of Topliss-reactive ketones (excluding diaryl/α,β-unsaturated/α-hetero) is 3. The number of aliphatic carboxylic acids is 1. The van der Waals surface area contributed by atoms with Crippen LogP contribution in [0.25, 0.3) is 0 Å². The lowest BCUT2D eigenvalue weighted by molar-refractivity contribution is -0.385. The molecule has 0 unspecified atom stereocenters. The molecule has 3 aromatic rings. The standard InChI is InChI=1S/C18H13ClF3NO7.C14H13ClO5S.C3H8NO5P/c1-2-28-16(24)9-29-17(25)12-8-11(4-5-14(12)23(26)27)30-15-6-3-10(7-13(15)19)18(20,21)22;1-21(19,20)8-5-6-9(10(15)7-8)14(18)13-11(16)3-2-4-12(13)17;5-3(6)1-4-2-10(7,8)9/h3-8H,2,9H2,1H3;5-7,13H,2-4H2,1H3;4H,1-2H2,(H,5,6)(H2,7,8,9). The van der Waals surface area contributed by atoms with E-state index in [0.717, 1.165) is 42.7 Å². The van der Waals surface area contributed by atoms with Gasteiger partial charge in [0.2, 0.25) is 0 Å². The molecule has 0 saturated heterocycles. The van der Waals surface area contributed by atoms with Crippen LogP contribution in [-0.2, 0) is 49.2 Å². The highest BCUT2D eigenvalue weighted by atomic mass is 35.5. The van der Waals surface area contributed by atoms with Crippen LogP contribution in [0.3, 0.4) is 0 Å². The van der Waals surface area contributed by atoms with E-state index in [0.29, 0.717) is 12.5 Å². The molecule has 1 aliphatic rings. The Morgan fingerprint density at radius 2 is 1.57 bits per heavy atom. The second-order valence-electron chi connectivity index (χ2n) is 12.2. The van der Waals surface area contributed by atoms with Crippen LogP contribution in [0, 0.1) is 16.0 Å². The number of hydrogen-bond acceptors (Lipinski definition) is 15. The van der Waals surface area contributed by atoms with Crippen LogP contribution in [0.15, 0.2) is 59.5 Å². The molecule has 26 heteroatoms. The number of halogens is 5. The third-order valence-electron chi connectivity index (χ3n) is 7.48. The first-order valence-corrected chi connectivity index (χ1v) is 21.3. The molecule has 1 aliphatic carbocycles. The fourth-order valence-electron chi connectivity index (χ4n) is 4.78. The van der Waals surface area contributed by atoms with Gasteiger partial charge in [0.25, 0.3) is 5.69 Å². The Kier molecular flexibility index (Phi) is 19.1. The van der Waals surface area contributed by atoms with Gasteiger partial charge in [-0.3, -0.25) is 39.2 Å². The maximum absolute atomic E-state index is 12.7. The van der Waals surface area contributed by atoms with Crippen LogP contribution in [0.4, 0.5) is 18.9 Å². The van der Waals surface area contributed by atoms with E-state index in [9.17, 15) is 65.0 Å². The van der Waals surface area contributed by atoms with Gasteiger partial charge >= 0.3 is 31.7 Å². The number of nitro groups is 1. The van der Waals surface area contributed by atoms with Crippen molar-refractivity contribution in [3.05, 3.63) is 91.4 Å². The highest BCUT2D eigenvalue weighted by Crippen LogP contribution is 2.37. The van der Waals surface area contributed by atoms with E-state index in [2.05, 4.69) is 10.1 Å². The van der Waals surface area contributed by atoms with Crippen molar-refractivity contribution in [1.82, 2.24) is 5.32 Å². The van der Waals surface area contributed by atoms with Gasteiger partial charge in [-0.15, -0.1) is 0 Å². The summed E-state index contributed by atoms with van der Waals surface area (Å²) in [6.45, 7) is 0.385. The van der Waals surface area contributed by atoms with Gasteiger partial charge in [0.05, 0.1) is 44.9 Å². The van der Waals surface area contributed by atoms with Gasteiger partial charge in [0.15, 0.2) is 33.8 Å². The lowest BCUT2D eigenvalue weighted by Gasteiger charge is -2.18. The molecule has 332 valence electrons. The smallest absolute Gasteiger partial charge is 0.416 e. The number of carboxylic acids is 1. The van der Waals surface area contributed by atoms with E-state index in [1.165, 1.54) is 19.1 Å². The number of nitro benzene ring substituents is 1. The fraction of sp³-hybridized carbons (Fsp3) is 0.314. The quantitative estimate of drug-likeness (QED) is 0.0390. The van der Waals surface area contributed by atoms with E-state index in [1.54, 1.807) is 0 Å². The summed E-state index contributed by atoms with van der Waals surface area (Å²) in [4.78, 5) is 95.8. The number of sulfone groups is 1. The Morgan fingerprint density at radius 3 is 2.07 bits per heavy atom. The number of carboxylic acid groups (broad SMARTS) is 1. The second-order valence-corrected chi connectivity index (χ2v) is 16.7. The van der Waals surface area contributed by atoms with Crippen molar-refractivity contribution >= 4 is 81.6 Å². The summed E-state index contributed by atoms with van der Waals surface area (Å²) in [5.74, 6) is -6.27. The van der Waals surface area contributed by atoms with Crippen molar-refractivity contribution < 1.29 is 88.9 Å². The van der Waals surface area contributed by atoms with Crippen LogP contribution < -0.4 is 10.1 Å². The molecule has 1 fully saturated rings. The first-order valence-electron chi connectivity index (χ1n) is 16.9. The van der Waals surface area contributed by atoms with Crippen molar-refractivity contribution in [2.24, 2.45) is 5.92 Å². The molecular weight excluding hydrogens is 911 g/mol. The molecule has 19 nitrogen and oxygen atoms in total. The largest absolute Gasteiger partial charge is 0.480 e. The molecular formula is C35H34Cl2F3N2O17PS. The zero-order valence-electron chi connectivity index (χ0n) is 31.5. The summed E-state index contributed by atoms with van der Waals surface area (Å²) < 4.78 is 85.7. The van der Waals surface area contributed by atoms with Crippen LogP contribution in [0.1, 0.15) is 52.5 Å². The lowest BCUT2D eigenvalue weighted by atomic mass is 9.82. The number of benzene rings is 3. The SMILES string of the molecule is CCOC(=O)COC(=O)c1cc(Oc2ccc(C(F)(F)F)cc2Cl)ccc1[N+](=O)[O-].CS(=O)(=O)c1ccc(C(=O)C2C(=O)CCCC2=O)c(Cl)c1.O=C(O)CNCP(=O)(O)O. The molecule has 1 saturated carbocycles. The third kappa shape index (κ3) is 16.9. The Bertz CT molecular complexity index is 2320. The van der Waals surface area contributed by atoms with Crippen LogP contribution in [-0.4, -0.2) is 95.8 Å². The highest BCUT2D eigenvalue weighted by molar-refractivity contribution is 7.90. The topological polar surface area (TPSA) is 297 Å². The van der Waals surface area contributed by atoms with E-state index < -0.39 is 106 Å². The Balaban J connectivity index is 0.000000357. The molecule has 0 radical (unpaired) electrons. The van der Waals surface area contributed by atoms with E-state index >= 15 is 0 Å². The van der Waals surface area contributed by atoms with Crippen molar-refractivity contribution in [2.45, 2.75) is 37.3 Å². The molecule has 0 aromatic heterocycles. The normalized spacial score (nSPS) is 13.1. The van der Waals surface area contributed by atoms with Crippen LogP contribution in [0.5, 0.6) is 11.5 Å². The molecule has 0 heterocycles. The summed E-state index contributed by atoms with van der Waals surface area (Å²) in [5, 5.41) is 20.8. The molecule has 4 N–H and O–H groups in total. The van der Waals surface area contributed by atoms with Gasteiger partial charge < -0.3 is 29.1 Å². The van der Waals surface area contributed by atoms with Gasteiger partial charge in [-0.2, -0.15) is 13.2 Å². The van der Waals surface area contributed by atoms with Gasteiger partial charge in [-0.1, -0.05) is 23.2 Å². The Labute approximate surface area is 353 Å². The number of alkyl halides is 3. The van der Waals surface area contributed by atoms with Gasteiger partial charge in [-0.25, -0.2) is 18.0 Å². The fourth-order valence-corrected chi connectivity index (χ4v) is 6.39. The minimum atomic E-state index is -4.61. The number of hydrogen-bond donors (Lipinski definition) is 4. The average molecular weight is 946 g/mol. The average Bonchev–Trinajstić information content (AvgIpc) is 3.13. The molecule has 0 spiro atoms. The number of rotatable bonds is 14. The number of ketones is 3. The van der Waals surface area contributed by atoms with Crippen molar-refractivity contribution in [3.63, 3.8) is 0 Å². The van der Waals surface area contributed by atoms with Crippen molar-refractivity contribution in [3.8, 4) is 11.5 Å². The van der Waals surface area contributed by atoms with Gasteiger partial charge in [0, 0.05) is 36.8 Å². The summed E-state index contributed by atoms with van der Waals surface area (Å²) in [6, 6.07) is 9.00. The number of carbonyl (C=O) groups is 6. The monoisotopic (exact) mass is 944 g/mol. The number of nitrogens with zero attached hydrogens (tertiary/aromatic N) is 1. The van der Waals surface area contributed by atoms with Crippen molar-refractivity contribution in [1.29, 1.82) is 0 Å². The zero-order valence-corrected chi connectivity index (χ0v) is 34.7. The number of esters is 2. The maximum atomic E-state index is 12.7. The maximum Gasteiger partial charge on any atom is 0.416 e. The molecule has 0 bridgehead atoms. The lowest BCUT2D eigenvalue weighted by Crippen LogP contribution is -2.35. The predicted molar refractivity (Wildman–Crippen MR) is 205 cm³/mol. The summed E-state index contributed by atoms with van der Waals surface area (Å²) in [6.07, 6.45) is -3.33. The minimum Gasteiger partial charge on any atom is -0.480 e. The minimum absolute atomic E-state index is 0.00216. The first-order chi connectivity index (χ1) is 28.2. The number of nitrogens with one attached hydrogen (secondary N) is 1. The number of carbonyl (C=O) groups excluding carboxylic acids is 5. The molecule has 0 aliphatic heterocycles. The van der Waals surface area contributed by atoms with Crippen LogP contribution in [0.2, 0.25) is 10.0 Å². The molecule has 0 amide bonds. The Morgan fingerprint density at radius 1 is 0.951 bits per heavy atom. The van der Waals surface area contributed by atoms with E-state index in [-0.39, 0.29) is 51.5 Å². The first kappa shape index (κ1) is 51.8. The van der Waals surface area contributed by atoms with Crippen LogP contribution >= 0.6 is 30.8 Å². The summed E-state index contributed by atoms with van der Waals surface area (Å²) in [7, 11) is -7.54. The molecule has 4 rings (SSSR count). The molecule has 61 heavy (non-hydrogen) atoms. The predicted octanol–water partition coefficient (Wildman–Crippen LogP) is 5.44. The van der Waals surface area contributed by atoms with Gasteiger partial charge in [0.1, 0.15) is 23.0 Å². The summed E-state index contributed by atoms with van der Waals surface area (Å²) in [5.41, 5.74) is -2.16. The molecule has 0 atom stereocenters. The Hall–Kier alpha value is -5.29. The van der Waals surface area contributed by atoms with Gasteiger partial charge in [-0.05, 0) is 55.8 Å². The zero-order chi connectivity index (χ0) is 46.5.